The van der Waals surface area contributed by atoms with E-state index in [0.29, 0.717) is 5.02 Å². The number of nitrogens with one attached hydrogen (secondary N) is 1. The third-order valence-electron chi connectivity index (χ3n) is 3.61. The molecule has 1 N–H and O–H groups in total. The van der Waals surface area contributed by atoms with Crippen molar-refractivity contribution in [2.24, 2.45) is 4.99 Å². The Hall–Kier alpha value is -1.57. The van der Waals surface area contributed by atoms with E-state index in [-0.39, 0.29) is 5.54 Å². The second-order valence-corrected chi connectivity index (χ2v) is 4.89. The fourth-order valence-electron chi connectivity index (χ4n) is 2.44. The number of H-pyrrole nitrogens is 1. The fourth-order valence-corrected chi connectivity index (χ4v) is 2.65. The molecule has 2 aromatic rings. The summed E-state index contributed by atoms with van der Waals surface area (Å²) in [4.78, 5) is 17.6. The number of halogens is 1. The molecule has 0 bridgehead atoms. The number of rotatable bonds is 2. The first-order valence-electron chi connectivity index (χ1n) is 5.61. The maximum absolute atomic E-state index is 10.5. The third kappa shape index (κ3) is 1.51. The van der Waals surface area contributed by atoms with Crippen LogP contribution >= 0.6 is 11.6 Å². The normalized spacial score (nSPS) is 17.5. The second-order valence-electron chi connectivity index (χ2n) is 4.49. The van der Waals surface area contributed by atoms with Gasteiger partial charge in [0.1, 0.15) is 0 Å². The maximum atomic E-state index is 10.5. The van der Waals surface area contributed by atoms with Crippen LogP contribution in [-0.2, 0) is 10.3 Å². The minimum absolute atomic E-state index is 0.351. The lowest BCUT2D eigenvalue weighted by Gasteiger charge is -2.37. The Kier molecular flexibility index (Phi) is 2.32. The molecule has 4 heteroatoms. The molecule has 1 saturated carbocycles. The van der Waals surface area contributed by atoms with Crippen LogP contribution in [0.1, 0.15) is 24.8 Å². The first kappa shape index (κ1) is 10.6. The van der Waals surface area contributed by atoms with Crippen molar-refractivity contribution in [3.8, 4) is 0 Å². The number of fused-ring (bicyclic) bond motifs is 1. The topological polar surface area (TPSA) is 45.2 Å². The zero-order valence-corrected chi connectivity index (χ0v) is 9.92. The molecule has 86 valence electrons. The number of isocyanates is 1. The molecular formula is C13H11ClN2O. The number of benzene rings is 1. The highest BCUT2D eigenvalue weighted by Gasteiger charge is 2.38. The zero-order valence-electron chi connectivity index (χ0n) is 9.16. The molecule has 1 aromatic heterocycles. The van der Waals surface area contributed by atoms with Gasteiger partial charge in [0.25, 0.3) is 0 Å². The molecule has 0 atom stereocenters. The molecule has 0 saturated heterocycles. The number of hydrogen-bond acceptors (Lipinski definition) is 2. The van der Waals surface area contributed by atoms with E-state index in [2.05, 4.69) is 9.98 Å². The van der Waals surface area contributed by atoms with Gasteiger partial charge in [-0.25, -0.2) is 4.79 Å². The van der Waals surface area contributed by atoms with Gasteiger partial charge in [-0.2, -0.15) is 4.99 Å². The van der Waals surface area contributed by atoms with Crippen molar-refractivity contribution < 1.29 is 4.79 Å². The Morgan fingerprint density at radius 2 is 2.24 bits per heavy atom. The van der Waals surface area contributed by atoms with Gasteiger partial charge < -0.3 is 4.98 Å². The van der Waals surface area contributed by atoms with E-state index in [0.717, 1.165) is 35.7 Å². The summed E-state index contributed by atoms with van der Waals surface area (Å²) in [5.41, 5.74) is 1.71. The van der Waals surface area contributed by atoms with Crippen molar-refractivity contribution in [1.82, 2.24) is 4.98 Å². The summed E-state index contributed by atoms with van der Waals surface area (Å²) in [5, 5.41) is 1.68. The quantitative estimate of drug-likeness (QED) is 0.639. The molecule has 1 heterocycles. The molecule has 1 aliphatic rings. The highest BCUT2D eigenvalue weighted by atomic mass is 35.5. The maximum Gasteiger partial charge on any atom is 0.235 e. The molecule has 3 nitrogen and oxygen atoms in total. The SMILES string of the molecule is O=C=NC1(c2ccc3[nH]cc(Cl)c3c2)CCC1. The van der Waals surface area contributed by atoms with Gasteiger partial charge in [0, 0.05) is 17.1 Å². The first-order chi connectivity index (χ1) is 8.25. The van der Waals surface area contributed by atoms with Gasteiger partial charge in [-0.3, -0.25) is 0 Å². The van der Waals surface area contributed by atoms with E-state index in [1.54, 1.807) is 12.3 Å². The molecule has 0 radical (unpaired) electrons. The van der Waals surface area contributed by atoms with Gasteiger partial charge >= 0.3 is 0 Å². The zero-order chi connectivity index (χ0) is 11.9. The molecule has 0 unspecified atom stereocenters. The van der Waals surface area contributed by atoms with E-state index in [9.17, 15) is 4.79 Å². The number of nitrogens with zero attached hydrogens (tertiary/aromatic N) is 1. The number of aliphatic imine (C=N–C) groups is 1. The summed E-state index contributed by atoms with van der Waals surface area (Å²) in [7, 11) is 0. The molecule has 1 aromatic carbocycles. The lowest BCUT2D eigenvalue weighted by atomic mass is 9.72. The van der Waals surface area contributed by atoms with Crippen LogP contribution in [0.2, 0.25) is 5.02 Å². The van der Waals surface area contributed by atoms with Crippen molar-refractivity contribution in [1.29, 1.82) is 0 Å². The second kappa shape index (κ2) is 3.73. The predicted octanol–water partition coefficient (Wildman–Crippen LogP) is 3.54. The number of aromatic nitrogens is 1. The van der Waals surface area contributed by atoms with E-state index in [1.807, 2.05) is 18.2 Å². The lowest BCUT2D eigenvalue weighted by molar-refractivity contribution is 0.256. The van der Waals surface area contributed by atoms with E-state index in [4.69, 9.17) is 11.6 Å². The third-order valence-corrected chi connectivity index (χ3v) is 3.92. The predicted molar refractivity (Wildman–Crippen MR) is 67.0 cm³/mol. The number of carbonyl (C=O) groups excluding carboxylic acids is 1. The van der Waals surface area contributed by atoms with Crippen LogP contribution in [0, 0.1) is 0 Å². The van der Waals surface area contributed by atoms with Gasteiger partial charge in [0.05, 0.1) is 10.6 Å². The summed E-state index contributed by atoms with van der Waals surface area (Å²) >= 11 is 6.09. The molecule has 0 aliphatic heterocycles. The Labute approximate surface area is 104 Å². The van der Waals surface area contributed by atoms with Gasteiger partial charge in [0.15, 0.2) is 0 Å². The van der Waals surface area contributed by atoms with Crippen LogP contribution in [0.25, 0.3) is 10.9 Å². The Bertz CT molecular complexity index is 621. The van der Waals surface area contributed by atoms with Crippen molar-refractivity contribution in [2.45, 2.75) is 24.8 Å². The van der Waals surface area contributed by atoms with Crippen molar-refractivity contribution in [3.63, 3.8) is 0 Å². The van der Waals surface area contributed by atoms with Crippen LogP contribution in [0.3, 0.4) is 0 Å². The highest BCUT2D eigenvalue weighted by Crippen LogP contribution is 2.45. The lowest BCUT2D eigenvalue weighted by Crippen LogP contribution is -2.31. The van der Waals surface area contributed by atoms with Crippen molar-refractivity contribution >= 4 is 28.6 Å². The Balaban J connectivity index is 2.16. The molecular weight excluding hydrogens is 236 g/mol. The highest BCUT2D eigenvalue weighted by molar-refractivity contribution is 6.35. The molecule has 1 aliphatic carbocycles. The molecule has 1 fully saturated rings. The molecule has 3 rings (SSSR count). The summed E-state index contributed by atoms with van der Waals surface area (Å²) < 4.78 is 0. The van der Waals surface area contributed by atoms with E-state index < -0.39 is 0 Å². The van der Waals surface area contributed by atoms with Crippen LogP contribution < -0.4 is 0 Å². The molecule has 17 heavy (non-hydrogen) atoms. The van der Waals surface area contributed by atoms with Crippen LogP contribution in [0.15, 0.2) is 29.4 Å². The Morgan fingerprint density at radius 3 is 2.88 bits per heavy atom. The average Bonchev–Trinajstić information content (AvgIpc) is 2.65. The first-order valence-corrected chi connectivity index (χ1v) is 5.99. The smallest absolute Gasteiger partial charge is 0.235 e. The summed E-state index contributed by atoms with van der Waals surface area (Å²) in [6.45, 7) is 0. The van der Waals surface area contributed by atoms with E-state index >= 15 is 0 Å². The van der Waals surface area contributed by atoms with Crippen molar-refractivity contribution in [3.05, 3.63) is 35.0 Å². The molecule has 0 spiro atoms. The largest absolute Gasteiger partial charge is 0.360 e. The van der Waals surface area contributed by atoms with Gasteiger partial charge in [-0.05, 0) is 37.0 Å². The summed E-state index contributed by atoms with van der Waals surface area (Å²) in [5.74, 6) is 0. The minimum Gasteiger partial charge on any atom is -0.360 e. The standard InChI is InChI=1S/C13H11ClN2O/c14-11-7-15-12-3-2-9(6-10(11)12)13(16-8-17)4-1-5-13/h2-3,6-7,15H,1,4-5H2. The van der Waals surface area contributed by atoms with Gasteiger partial charge in [-0.15, -0.1) is 0 Å². The van der Waals surface area contributed by atoms with E-state index in [1.165, 1.54) is 0 Å². The fraction of sp³-hybridized carbons (Fsp3) is 0.308. The molecule has 0 amide bonds. The monoisotopic (exact) mass is 246 g/mol. The van der Waals surface area contributed by atoms with Gasteiger partial charge in [-0.1, -0.05) is 17.7 Å². The summed E-state index contributed by atoms with van der Waals surface area (Å²) in [6, 6.07) is 6.01. The average molecular weight is 247 g/mol. The van der Waals surface area contributed by atoms with Crippen LogP contribution in [-0.4, -0.2) is 11.1 Å². The summed E-state index contributed by atoms with van der Waals surface area (Å²) in [6.07, 6.45) is 6.40. The van der Waals surface area contributed by atoms with Crippen LogP contribution in [0.4, 0.5) is 0 Å². The number of hydrogen-bond donors (Lipinski definition) is 1. The van der Waals surface area contributed by atoms with Gasteiger partial charge in [0.2, 0.25) is 6.08 Å². The van der Waals surface area contributed by atoms with Crippen molar-refractivity contribution in [2.75, 3.05) is 0 Å². The minimum atomic E-state index is -0.351. The number of aromatic amines is 1. The Morgan fingerprint density at radius 1 is 1.41 bits per heavy atom. The van der Waals surface area contributed by atoms with Crippen LogP contribution in [0.5, 0.6) is 0 Å².